The number of aryl methyl sites for hydroxylation is 1. The molecular weight excluding hydrogens is 356 g/mol. The van der Waals surface area contributed by atoms with Crippen molar-refractivity contribution in [3.63, 3.8) is 0 Å². The Bertz CT molecular complexity index is 1040. The average Bonchev–Trinajstić information content (AvgIpc) is 2.91. The van der Waals surface area contributed by atoms with Crippen LogP contribution in [0.2, 0.25) is 5.02 Å². The number of aromatic hydroxyl groups is 1. The minimum Gasteiger partial charge on any atom is -0.508 e. The Hall–Kier alpha value is -1.97. The molecule has 1 saturated heterocycles. The lowest BCUT2D eigenvalue weighted by molar-refractivity contribution is 0.0985. The SMILES string of the molecule is CN1CCC2(c3cccc(O)c3)Cc3c(c4cc(Cl)ccc4n3C)CC2C1. The van der Waals surface area contributed by atoms with Gasteiger partial charge in [-0.15, -0.1) is 0 Å². The second-order valence-corrected chi connectivity index (χ2v) is 8.88. The van der Waals surface area contributed by atoms with Gasteiger partial charge in [-0.3, -0.25) is 0 Å². The predicted octanol–water partition coefficient (Wildman–Crippen LogP) is 4.53. The number of phenolic OH excluding ortho intramolecular Hbond substituents is 1. The highest BCUT2D eigenvalue weighted by Crippen LogP contribution is 2.50. The highest BCUT2D eigenvalue weighted by atomic mass is 35.5. The maximum Gasteiger partial charge on any atom is 0.115 e. The molecule has 3 aromatic rings. The Kier molecular flexibility index (Phi) is 3.82. The third-order valence-corrected chi connectivity index (χ3v) is 7.24. The van der Waals surface area contributed by atoms with Gasteiger partial charge in [0, 0.05) is 40.6 Å². The predicted molar refractivity (Wildman–Crippen MR) is 111 cm³/mol. The highest BCUT2D eigenvalue weighted by Gasteiger charge is 2.48. The molecule has 1 aliphatic carbocycles. The number of benzene rings is 2. The van der Waals surface area contributed by atoms with E-state index in [-0.39, 0.29) is 5.41 Å². The maximum atomic E-state index is 10.1. The van der Waals surface area contributed by atoms with E-state index in [0.29, 0.717) is 11.7 Å². The van der Waals surface area contributed by atoms with Crippen LogP contribution in [0.15, 0.2) is 42.5 Å². The second-order valence-electron chi connectivity index (χ2n) is 8.44. The third kappa shape index (κ3) is 2.52. The van der Waals surface area contributed by atoms with Crippen LogP contribution in [0.1, 0.15) is 23.2 Å². The number of hydrogen-bond donors (Lipinski definition) is 1. The first-order chi connectivity index (χ1) is 13.0. The van der Waals surface area contributed by atoms with E-state index in [1.165, 1.54) is 27.7 Å². The maximum absolute atomic E-state index is 10.1. The summed E-state index contributed by atoms with van der Waals surface area (Å²) in [7, 11) is 4.41. The van der Waals surface area contributed by atoms with Gasteiger partial charge in [-0.2, -0.15) is 0 Å². The first-order valence-corrected chi connectivity index (χ1v) is 10.1. The number of nitrogens with zero attached hydrogens (tertiary/aromatic N) is 2. The summed E-state index contributed by atoms with van der Waals surface area (Å²) in [5.41, 5.74) is 5.53. The summed E-state index contributed by atoms with van der Waals surface area (Å²) in [5, 5.41) is 12.3. The van der Waals surface area contributed by atoms with Crippen molar-refractivity contribution in [3.05, 3.63) is 64.3 Å². The van der Waals surface area contributed by atoms with Crippen LogP contribution in [-0.2, 0) is 25.3 Å². The van der Waals surface area contributed by atoms with Crippen molar-refractivity contribution in [2.24, 2.45) is 13.0 Å². The lowest BCUT2D eigenvalue weighted by Crippen LogP contribution is -2.52. The van der Waals surface area contributed by atoms with Gasteiger partial charge in [0.25, 0.3) is 0 Å². The third-order valence-electron chi connectivity index (χ3n) is 7.01. The molecule has 0 saturated carbocycles. The lowest BCUT2D eigenvalue weighted by atomic mass is 9.59. The topological polar surface area (TPSA) is 28.4 Å². The Morgan fingerprint density at radius 2 is 2.00 bits per heavy atom. The van der Waals surface area contributed by atoms with Crippen LogP contribution in [0.5, 0.6) is 5.75 Å². The first kappa shape index (κ1) is 17.2. The monoisotopic (exact) mass is 380 g/mol. The van der Waals surface area contributed by atoms with E-state index in [0.717, 1.165) is 37.4 Å². The fourth-order valence-corrected chi connectivity index (χ4v) is 5.74. The summed E-state index contributed by atoms with van der Waals surface area (Å²) < 4.78 is 2.36. The van der Waals surface area contributed by atoms with Gasteiger partial charge in [0.05, 0.1) is 0 Å². The smallest absolute Gasteiger partial charge is 0.115 e. The van der Waals surface area contributed by atoms with Gasteiger partial charge in [0.2, 0.25) is 0 Å². The number of aromatic nitrogens is 1. The van der Waals surface area contributed by atoms with E-state index >= 15 is 0 Å². The zero-order valence-electron chi connectivity index (χ0n) is 15.9. The molecule has 0 radical (unpaired) electrons. The van der Waals surface area contributed by atoms with Gasteiger partial charge in [-0.25, -0.2) is 0 Å². The van der Waals surface area contributed by atoms with E-state index in [1.54, 1.807) is 6.07 Å². The van der Waals surface area contributed by atoms with Crippen LogP contribution in [0, 0.1) is 5.92 Å². The molecule has 1 aromatic heterocycles. The summed E-state index contributed by atoms with van der Waals surface area (Å²) in [6.07, 6.45) is 3.21. The molecule has 1 aliphatic heterocycles. The number of halogens is 1. The largest absolute Gasteiger partial charge is 0.508 e. The Morgan fingerprint density at radius 3 is 2.81 bits per heavy atom. The molecule has 1 N–H and O–H groups in total. The van der Waals surface area contributed by atoms with Gasteiger partial charge in [0.1, 0.15) is 5.75 Å². The molecule has 5 rings (SSSR count). The second kappa shape index (κ2) is 6.02. The molecule has 4 heteroatoms. The van der Waals surface area contributed by atoms with Gasteiger partial charge in [-0.1, -0.05) is 23.7 Å². The zero-order chi connectivity index (χ0) is 18.8. The van der Waals surface area contributed by atoms with E-state index in [4.69, 9.17) is 11.6 Å². The van der Waals surface area contributed by atoms with Crippen molar-refractivity contribution in [1.82, 2.24) is 9.47 Å². The van der Waals surface area contributed by atoms with E-state index in [1.807, 2.05) is 18.2 Å². The summed E-state index contributed by atoms with van der Waals surface area (Å²) in [5.74, 6) is 0.907. The number of rotatable bonds is 1. The highest BCUT2D eigenvalue weighted by molar-refractivity contribution is 6.31. The minimum atomic E-state index is 0.0875. The number of hydrogen-bond acceptors (Lipinski definition) is 2. The van der Waals surface area contributed by atoms with Crippen molar-refractivity contribution in [2.75, 3.05) is 20.1 Å². The number of phenols is 1. The summed E-state index contributed by atoms with van der Waals surface area (Å²) in [6.45, 7) is 2.18. The first-order valence-electron chi connectivity index (χ1n) is 9.72. The van der Waals surface area contributed by atoms with Crippen LogP contribution in [0.25, 0.3) is 10.9 Å². The van der Waals surface area contributed by atoms with Crippen molar-refractivity contribution in [2.45, 2.75) is 24.7 Å². The molecule has 2 atom stereocenters. The van der Waals surface area contributed by atoms with Gasteiger partial charge < -0.3 is 14.6 Å². The number of likely N-dealkylation sites (tertiary alicyclic amines) is 1. The van der Waals surface area contributed by atoms with E-state index < -0.39 is 0 Å². The van der Waals surface area contributed by atoms with Crippen LogP contribution >= 0.6 is 11.6 Å². The molecule has 0 bridgehead atoms. The molecule has 0 amide bonds. The Labute approximate surface area is 165 Å². The van der Waals surface area contributed by atoms with Gasteiger partial charge in [0.15, 0.2) is 0 Å². The Balaban J connectivity index is 1.72. The number of fused-ring (bicyclic) bond motifs is 4. The summed E-state index contributed by atoms with van der Waals surface area (Å²) in [6, 6.07) is 14.2. The average molecular weight is 381 g/mol. The molecule has 2 aliphatic rings. The summed E-state index contributed by atoms with van der Waals surface area (Å²) >= 11 is 6.33. The molecular formula is C23H25ClN2O. The molecule has 1 fully saturated rings. The fourth-order valence-electron chi connectivity index (χ4n) is 5.57. The zero-order valence-corrected chi connectivity index (χ0v) is 16.6. The molecule has 2 heterocycles. The van der Waals surface area contributed by atoms with E-state index in [2.05, 4.69) is 41.8 Å². The van der Waals surface area contributed by atoms with Gasteiger partial charge in [-0.05, 0) is 80.2 Å². The molecule has 27 heavy (non-hydrogen) atoms. The summed E-state index contributed by atoms with van der Waals surface area (Å²) in [4.78, 5) is 2.45. The molecule has 2 unspecified atom stereocenters. The van der Waals surface area contributed by atoms with Crippen molar-refractivity contribution < 1.29 is 5.11 Å². The standard InChI is InChI=1S/C23H25ClN2O/c1-25-9-8-23(15-4-3-5-18(27)10-15)13-22-19(11-16(23)14-25)20-12-17(24)6-7-21(20)26(22)2/h3-7,10,12,16,27H,8-9,11,13-14H2,1-2H3. The van der Waals surface area contributed by atoms with Crippen LogP contribution < -0.4 is 0 Å². The van der Waals surface area contributed by atoms with Crippen molar-refractivity contribution in [1.29, 1.82) is 0 Å². The molecule has 0 spiro atoms. The minimum absolute atomic E-state index is 0.0875. The van der Waals surface area contributed by atoms with Crippen molar-refractivity contribution in [3.8, 4) is 5.75 Å². The quantitative estimate of drug-likeness (QED) is 0.672. The molecule has 140 valence electrons. The van der Waals surface area contributed by atoms with Crippen molar-refractivity contribution >= 4 is 22.5 Å². The van der Waals surface area contributed by atoms with E-state index in [9.17, 15) is 5.11 Å². The lowest BCUT2D eigenvalue weighted by Gasteiger charge is -2.50. The molecule has 2 aromatic carbocycles. The fraction of sp³-hybridized carbons (Fsp3) is 0.391. The van der Waals surface area contributed by atoms with Gasteiger partial charge >= 0.3 is 0 Å². The molecule has 3 nitrogen and oxygen atoms in total. The Morgan fingerprint density at radius 1 is 1.15 bits per heavy atom. The van der Waals surface area contributed by atoms with Crippen LogP contribution in [0.4, 0.5) is 0 Å². The number of piperidine rings is 1. The van der Waals surface area contributed by atoms with Crippen LogP contribution in [0.3, 0.4) is 0 Å². The van der Waals surface area contributed by atoms with Crippen LogP contribution in [-0.4, -0.2) is 34.7 Å². The normalized spacial score (nSPS) is 25.4.